The third-order valence-electron chi connectivity index (χ3n) is 1.69. The topological polar surface area (TPSA) is 49.8 Å². The Balaban J connectivity index is 2.67. The van der Waals surface area contributed by atoms with E-state index in [4.69, 9.17) is 9.68 Å². The van der Waals surface area contributed by atoms with Crippen LogP contribution in [0.2, 0.25) is 0 Å². The van der Waals surface area contributed by atoms with Crippen LogP contribution in [0.15, 0.2) is 29.0 Å². The molecule has 3 heteroatoms. The number of rotatable bonds is 1. The molecule has 0 aromatic carbocycles. The number of pyridine rings is 1. The molecule has 0 N–H and O–H groups in total. The Morgan fingerprint density at radius 2 is 2.42 bits per heavy atom. The Kier molecular flexibility index (Phi) is 1.52. The zero-order valence-electron chi connectivity index (χ0n) is 6.32. The maximum absolute atomic E-state index is 8.50. The largest absolute Gasteiger partial charge is 0.462 e. The van der Waals surface area contributed by atoms with Crippen molar-refractivity contribution in [2.24, 2.45) is 0 Å². The molecular weight excluding hydrogens is 152 g/mol. The second-order valence-electron chi connectivity index (χ2n) is 2.44. The first-order valence-corrected chi connectivity index (χ1v) is 3.60. The summed E-state index contributed by atoms with van der Waals surface area (Å²) in [4.78, 5) is 4.08. The Hall–Kier alpha value is -1.82. The lowest BCUT2D eigenvalue weighted by Crippen LogP contribution is -1.83. The molecule has 2 rings (SSSR count). The minimum atomic E-state index is 0.368. The van der Waals surface area contributed by atoms with E-state index in [1.54, 1.807) is 24.6 Å². The average Bonchev–Trinajstić information content (AvgIpc) is 2.53. The first-order valence-electron chi connectivity index (χ1n) is 3.60. The van der Waals surface area contributed by atoms with Crippen LogP contribution in [0.25, 0.3) is 11.1 Å². The van der Waals surface area contributed by atoms with Crippen LogP contribution in [0.1, 0.15) is 5.56 Å². The van der Waals surface area contributed by atoms with Gasteiger partial charge in [0.1, 0.15) is 5.52 Å². The van der Waals surface area contributed by atoms with Gasteiger partial charge in [-0.1, -0.05) is 0 Å². The molecule has 0 aliphatic carbocycles. The van der Waals surface area contributed by atoms with Gasteiger partial charge in [-0.15, -0.1) is 0 Å². The fraction of sp³-hybridized carbons (Fsp3) is 0.111. The molecular formula is C9H6N2O. The predicted octanol–water partition coefficient (Wildman–Crippen LogP) is 1.89. The maximum Gasteiger partial charge on any atom is 0.156 e. The lowest BCUT2D eigenvalue weighted by molar-refractivity contribution is 0.612. The predicted molar refractivity (Wildman–Crippen MR) is 43.3 cm³/mol. The monoisotopic (exact) mass is 158 g/mol. The molecule has 0 atom stereocenters. The molecule has 0 aliphatic rings. The second kappa shape index (κ2) is 2.67. The minimum Gasteiger partial charge on any atom is -0.462 e. The van der Waals surface area contributed by atoms with Crippen molar-refractivity contribution in [3.05, 3.63) is 30.2 Å². The summed E-state index contributed by atoms with van der Waals surface area (Å²) in [6.07, 6.45) is 3.63. The van der Waals surface area contributed by atoms with Crippen molar-refractivity contribution in [2.75, 3.05) is 0 Å². The highest BCUT2D eigenvalue weighted by Gasteiger charge is 2.03. The van der Waals surface area contributed by atoms with E-state index in [2.05, 4.69) is 11.1 Å². The molecule has 0 bridgehead atoms. The van der Waals surface area contributed by atoms with Crippen LogP contribution in [0.3, 0.4) is 0 Å². The van der Waals surface area contributed by atoms with Crippen molar-refractivity contribution in [3.8, 4) is 6.07 Å². The Labute approximate surface area is 69.2 Å². The van der Waals surface area contributed by atoms with Crippen LogP contribution < -0.4 is 0 Å². The van der Waals surface area contributed by atoms with Gasteiger partial charge in [0.15, 0.2) is 5.58 Å². The first-order chi connectivity index (χ1) is 5.92. The quantitative estimate of drug-likeness (QED) is 0.636. The molecule has 0 saturated carbocycles. The average molecular weight is 158 g/mol. The van der Waals surface area contributed by atoms with E-state index in [0.29, 0.717) is 6.42 Å². The summed E-state index contributed by atoms with van der Waals surface area (Å²) in [5.41, 5.74) is 2.43. The Morgan fingerprint density at radius 3 is 3.25 bits per heavy atom. The van der Waals surface area contributed by atoms with Crippen LogP contribution in [-0.4, -0.2) is 4.98 Å². The van der Waals surface area contributed by atoms with E-state index in [0.717, 1.165) is 16.7 Å². The molecule has 2 heterocycles. The van der Waals surface area contributed by atoms with Gasteiger partial charge < -0.3 is 4.42 Å². The molecule has 0 fully saturated rings. The van der Waals surface area contributed by atoms with E-state index in [1.807, 2.05) is 0 Å². The zero-order chi connectivity index (χ0) is 8.39. The van der Waals surface area contributed by atoms with Crippen LogP contribution in [0, 0.1) is 11.3 Å². The van der Waals surface area contributed by atoms with Crippen molar-refractivity contribution < 1.29 is 4.42 Å². The standard InChI is InChI=1S/C9H6N2O/c10-4-1-7-2-5-11-8-3-6-12-9(7)8/h2-3,5-6H,1H2. The molecule has 12 heavy (non-hydrogen) atoms. The van der Waals surface area contributed by atoms with E-state index >= 15 is 0 Å². The molecule has 2 aromatic rings. The molecule has 0 radical (unpaired) electrons. The van der Waals surface area contributed by atoms with Gasteiger partial charge >= 0.3 is 0 Å². The molecule has 0 spiro atoms. The van der Waals surface area contributed by atoms with Crippen molar-refractivity contribution in [1.29, 1.82) is 5.26 Å². The van der Waals surface area contributed by atoms with Gasteiger partial charge in [-0.2, -0.15) is 5.26 Å². The normalized spacial score (nSPS) is 9.92. The lowest BCUT2D eigenvalue weighted by atomic mass is 10.2. The number of nitrogens with zero attached hydrogens (tertiary/aromatic N) is 2. The maximum atomic E-state index is 8.50. The second-order valence-corrected chi connectivity index (χ2v) is 2.44. The summed E-state index contributed by atoms with van der Waals surface area (Å²) in [6, 6.07) is 5.67. The molecule has 0 amide bonds. The van der Waals surface area contributed by atoms with E-state index in [1.165, 1.54) is 0 Å². The van der Waals surface area contributed by atoms with Gasteiger partial charge in [0.05, 0.1) is 18.8 Å². The number of nitriles is 1. The summed E-state index contributed by atoms with van der Waals surface area (Å²) in [7, 11) is 0. The highest BCUT2D eigenvalue weighted by molar-refractivity contribution is 5.75. The molecule has 3 nitrogen and oxygen atoms in total. The molecule has 2 aromatic heterocycles. The number of fused-ring (bicyclic) bond motifs is 1. The Bertz CT molecular complexity index is 439. The summed E-state index contributed by atoms with van der Waals surface area (Å²) >= 11 is 0. The highest BCUT2D eigenvalue weighted by atomic mass is 16.3. The molecule has 0 unspecified atom stereocenters. The van der Waals surface area contributed by atoms with E-state index in [9.17, 15) is 0 Å². The SMILES string of the molecule is N#CCc1ccnc2ccoc12. The zero-order valence-corrected chi connectivity index (χ0v) is 6.32. The van der Waals surface area contributed by atoms with Crippen LogP contribution in [-0.2, 0) is 6.42 Å². The summed E-state index contributed by atoms with van der Waals surface area (Å²) in [6.45, 7) is 0. The van der Waals surface area contributed by atoms with Gasteiger partial charge in [-0.25, -0.2) is 0 Å². The molecule has 58 valence electrons. The minimum absolute atomic E-state index is 0.368. The third-order valence-corrected chi connectivity index (χ3v) is 1.69. The third kappa shape index (κ3) is 0.940. The number of hydrogen-bond acceptors (Lipinski definition) is 3. The number of furan rings is 1. The molecule has 0 saturated heterocycles. The van der Waals surface area contributed by atoms with Crippen molar-refractivity contribution in [1.82, 2.24) is 4.98 Å². The van der Waals surface area contributed by atoms with Crippen molar-refractivity contribution in [2.45, 2.75) is 6.42 Å². The van der Waals surface area contributed by atoms with Gasteiger partial charge in [-0.3, -0.25) is 4.98 Å². The fourth-order valence-corrected chi connectivity index (χ4v) is 1.15. The van der Waals surface area contributed by atoms with Gasteiger partial charge in [0.25, 0.3) is 0 Å². The molecule has 0 aliphatic heterocycles. The fourth-order valence-electron chi connectivity index (χ4n) is 1.15. The van der Waals surface area contributed by atoms with E-state index in [-0.39, 0.29) is 0 Å². The smallest absolute Gasteiger partial charge is 0.156 e. The van der Waals surface area contributed by atoms with Crippen LogP contribution >= 0.6 is 0 Å². The number of hydrogen-bond donors (Lipinski definition) is 0. The van der Waals surface area contributed by atoms with Crippen LogP contribution in [0.4, 0.5) is 0 Å². The van der Waals surface area contributed by atoms with E-state index < -0.39 is 0 Å². The van der Waals surface area contributed by atoms with Gasteiger partial charge in [-0.05, 0) is 6.07 Å². The van der Waals surface area contributed by atoms with Crippen LogP contribution in [0.5, 0.6) is 0 Å². The summed E-state index contributed by atoms with van der Waals surface area (Å²) in [5, 5.41) is 8.50. The van der Waals surface area contributed by atoms with Crippen molar-refractivity contribution >= 4 is 11.1 Å². The van der Waals surface area contributed by atoms with Gasteiger partial charge in [0, 0.05) is 17.8 Å². The lowest BCUT2D eigenvalue weighted by Gasteiger charge is -1.93. The summed E-state index contributed by atoms with van der Waals surface area (Å²) < 4.78 is 5.19. The summed E-state index contributed by atoms with van der Waals surface area (Å²) in [5.74, 6) is 0. The highest BCUT2D eigenvalue weighted by Crippen LogP contribution is 2.17. The Morgan fingerprint density at radius 1 is 1.50 bits per heavy atom. The first kappa shape index (κ1) is 6.86. The van der Waals surface area contributed by atoms with Gasteiger partial charge in [0.2, 0.25) is 0 Å². The number of aromatic nitrogens is 1. The van der Waals surface area contributed by atoms with Crippen molar-refractivity contribution in [3.63, 3.8) is 0 Å².